The molecule has 1 N–H and O–H groups in total. The zero-order valence-corrected chi connectivity index (χ0v) is 17.4. The van der Waals surface area contributed by atoms with Crippen LogP contribution >= 0.6 is 22.6 Å². The van der Waals surface area contributed by atoms with Gasteiger partial charge in [0.05, 0.1) is 12.0 Å². The number of halogens is 1. The second-order valence-corrected chi connectivity index (χ2v) is 7.63. The lowest BCUT2D eigenvalue weighted by Crippen LogP contribution is -2.42. The van der Waals surface area contributed by atoms with Gasteiger partial charge in [0, 0.05) is 4.43 Å². The number of hydrogen-bond acceptors (Lipinski definition) is 4. The highest BCUT2D eigenvalue weighted by Gasteiger charge is 2.42. The van der Waals surface area contributed by atoms with Crippen molar-refractivity contribution in [2.75, 3.05) is 11.0 Å². The third kappa shape index (κ3) is 4.80. The van der Waals surface area contributed by atoms with Crippen LogP contribution in [-0.2, 0) is 9.53 Å². The highest BCUT2D eigenvalue weighted by molar-refractivity contribution is 14.1. The quantitative estimate of drug-likeness (QED) is 0.466. The summed E-state index contributed by atoms with van der Waals surface area (Å²) in [7, 11) is 0. The lowest BCUT2D eigenvalue weighted by Gasteiger charge is -2.26. The number of amides is 2. The predicted molar refractivity (Wildman–Crippen MR) is 116 cm³/mol. The molecule has 1 aliphatic rings. The van der Waals surface area contributed by atoms with Crippen molar-refractivity contribution < 1.29 is 19.4 Å². The Morgan fingerprint density at radius 3 is 2.46 bits per heavy atom. The first-order chi connectivity index (χ1) is 13.6. The van der Waals surface area contributed by atoms with Gasteiger partial charge in [-0.05, 0) is 17.5 Å². The highest BCUT2D eigenvalue weighted by atomic mass is 127. The first-order valence-corrected chi connectivity index (χ1v) is 10.7. The number of carbonyl (C=O) groups is 2. The number of ether oxygens (including phenoxy) is 1. The Labute approximate surface area is 178 Å². The summed E-state index contributed by atoms with van der Waals surface area (Å²) >= 11 is 2.17. The molecular formula is C22H22INO4. The number of aliphatic hydroxyl groups excluding tert-OH is 1. The van der Waals surface area contributed by atoms with Gasteiger partial charge in [0.2, 0.25) is 5.91 Å². The number of imide groups is 1. The molecule has 0 aromatic heterocycles. The fourth-order valence-corrected chi connectivity index (χ4v) is 3.90. The lowest BCUT2D eigenvalue weighted by molar-refractivity contribution is -0.136. The molecule has 3 atom stereocenters. The van der Waals surface area contributed by atoms with Crippen LogP contribution in [0.2, 0.25) is 0 Å². The maximum atomic E-state index is 13.2. The van der Waals surface area contributed by atoms with Crippen molar-refractivity contribution in [1.82, 2.24) is 4.90 Å². The summed E-state index contributed by atoms with van der Waals surface area (Å²) in [5.41, 5.74) is 1.77. The average Bonchev–Trinajstić information content (AvgIpc) is 3.12. The van der Waals surface area contributed by atoms with E-state index in [2.05, 4.69) is 22.6 Å². The second kappa shape index (κ2) is 9.84. The molecule has 2 aromatic carbocycles. The molecule has 6 heteroatoms. The van der Waals surface area contributed by atoms with Gasteiger partial charge in [-0.1, -0.05) is 95.4 Å². The van der Waals surface area contributed by atoms with Gasteiger partial charge in [0.1, 0.15) is 12.6 Å². The minimum Gasteiger partial charge on any atom is -0.446 e. The van der Waals surface area contributed by atoms with Crippen LogP contribution in [0.1, 0.15) is 23.6 Å². The highest BCUT2D eigenvalue weighted by Crippen LogP contribution is 2.31. The summed E-state index contributed by atoms with van der Waals surface area (Å²) in [5, 5.41) is 10.7. The number of carbonyl (C=O) groups excluding carboxylic acids is 2. The fourth-order valence-electron chi connectivity index (χ4n) is 3.23. The monoisotopic (exact) mass is 491 g/mol. The SMILES string of the molecule is O=C1OC[C@H](c2ccccc2)N1C(=O)[C@H](CCI)[C@H](O)/C=C/c1ccccc1. The fraction of sp³-hybridized carbons (Fsp3) is 0.273. The van der Waals surface area contributed by atoms with E-state index in [-0.39, 0.29) is 6.61 Å². The van der Waals surface area contributed by atoms with Crippen molar-refractivity contribution in [2.45, 2.75) is 18.6 Å². The van der Waals surface area contributed by atoms with E-state index in [9.17, 15) is 14.7 Å². The molecule has 0 bridgehead atoms. The largest absolute Gasteiger partial charge is 0.446 e. The number of alkyl halides is 1. The van der Waals surface area contributed by atoms with Crippen molar-refractivity contribution in [3.05, 3.63) is 77.9 Å². The van der Waals surface area contributed by atoms with Crippen LogP contribution in [-0.4, -0.2) is 39.1 Å². The summed E-state index contributed by atoms with van der Waals surface area (Å²) < 4.78 is 5.84. The van der Waals surface area contributed by atoms with Crippen LogP contribution in [0.25, 0.3) is 6.08 Å². The topological polar surface area (TPSA) is 66.8 Å². The van der Waals surface area contributed by atoms with Gasteiger partial charge in [-0.25, -0.2) is 9.69 Å². The molecule has 0 radical (unpaired) electrons. The van der Waals surface area contributed by atoms with E-state index in [0.717, 1.165) is 16.0 Å². The summed E-state index contributed by atoms with van der Waals surface area (Å²) in [6, 6.07) is 18.4. The maximum absolute atomic E-state index is 13.2. The Kier molecular flexibility index (Phi) is 7.22. The van der Waals surface area contributed by atoms with Crippen LogP contribution in [0, 0.1) is 5.92 Å². The molecule has 2 aromatic rings. The Hall–Kier alpha value is -2.19. The van der Waals surface area contributed by atoms with Crippen molar-refractivity contribution >= 4 is 40.7 Å². The molecule has 0 spiro atoms. The van der Waals surface area contributed by atoms with Crippen LogP contribution in [0.5, 0.6) is 0 Å². The van der Waals surface area contributed by atoms with Crippen molar-refractivity contribution in [3.63, 3.8) is 0 Å². The van der Waals surface area contributed by atoms with E-state index in [1.54, 1.807) is 12.2 Å². The number of hydrogen-bond donors (Lipinski definition) is 1. The van der Waals surface area contributed by atoms with Crippen LogP contribution in [0.3, 0.4) is 0 Å². The van der Waals surface area contributed by atoms with E-state index >= 15 is 0 Å². The number of cyclic esters (lactones) is 1. The van der Waals surface area contributed by atoms with Crippen LogP contribution in [0.4, 0.5) is 4.79 Å². The van der Waals surface area contributed by atoms with E-state index in [4.69, 9.17) is 4.74 Å². The molecule has 146 valence electrons. The zero-order chi connectivity index (χ0) is 19.9. The molecule has 1 heterocycles. The predicted octanol–water partition coefficient (Wildman–Crippen LogP) is 4.22. The van der Waals surface area contributed by atoms with E-state index in [1.165, 1.54) is 0 Å². The molecule has 28 heavy (non-hydrogen) atoms. The molecular weight excluding hydrogens is 469 g/mol. The normalized spacial score (nSPS) is 18.9. The van der Waals surface area contributed by atoms with Gasteiger partial charge in [-0.2, -0.15) is 0 Å². The average molecular weight is 491 g/mol. The molecule has 5 nitrogen and oxygen atoms in total. The first-order valence-electron chi connectivity index (χ1n) is 9.14. The Morgan fingerprint density at radius 2 is 1.82 bits per heavy atom. The van der Waals surface area contributed by atoms with Crippen molar-refractivity contribution in [3.8, 4) is 0 Å². The number of nitrogens with zero attached hydrogens (tertiary/aromatic N) is 1. The number of rotatable bonds is 7. The van der Waals surface area contributed by atoms with Gasteiger partial charge in [0.15, 0.2) is 0 Å². The molecule has 0 aliphatic carbocycles. The van der Waals surface area contributed by atoms with Crippen LogP contribution in [0.15, 0.2) is 66.7 Å². The third-order valence-corrected chi connectivity index (χ3v) is 5.35. The Balaban J connectivity index is 1.81. The molecule has 1 fully saturated rings. The van der Waals surface area contributed by atoms with E-state index in [0.29, 0.717) is 10.8 Å². The molecule has 1 aliphatic heterocycles. The van der Waals surface area contributed by atoms with Gasteiger partial charge in [-0.3, -0.25) is 4.79 Å². The van der Waals surface area contributed by atoms with E-state index < -0.39 is 30.1 Å². The van der Waals surface area contributed by atoms with Gasteiger partial charge < -0.3 is 9.84 Å². The summed E-state index contributed by atoms with van der Waals surface area (Å²) in [6.45, 7) is 0.126. The number of aliphatic hydroxyl groups is 1. The summed E-state index contributed by atoms with van der Waals surface area (Å²) in [4.78, 5) is 26.7. The minimum atomic E-state index is -0.993. The Morgan fingerprint density at radius 1 is 1.18 bits per heavy atom. The second-order valence-electron chi connectivity index (χ2n) is 6.56. The van der Waals surface area contributed by atoms with Gasteiger partial charge >= 0.3 is 6.09 Å². The van der Waals surface area contributed by atoms with Crippen LogP contribution < -0.4 is 0 Å². The molecule has 1 saturated heterocycles. The van der Waals surface area contributed by atoms with Crippen molar-refractivity contribution in [1.29, 1.82) is 0 Å². The van der Waals surface area contributed by atoms with E-state index in [1.807, 2.05) is 60.7 Å². The number of benzene rings is 2. The molecule has 0 saturated carbocycles. The zero-order valence-electron chi connectivity index (χ0n) is 15.3. The third-order valence-electron chi connectivity index (χ3n) is 4.73. The first kappa shape index (κ1) is 20.5. The Bertz CT molecular complexity index is 825. The molecule has 0 unspecified atom stereocenters. The summed E-state index contributed by atoms with van der Waals surface area (Å²) in [5.74, 6) is -1.12. The lowest BCUT2D eigenvalue weighted by atomic mass is 9.95. The summed E-state index contributed by atoms with van der Waals surface area (Å²) in [6.07, 6.45) is 2.22. The van der Waals surface area contributed by atoms with Gasteiger partial charge in [0.25, 0.3) is 0 Å². The standard InChI is InChI=1S/C22H22INO4/c23-14-13-18(20(25)12-11-16-7-3-1-4-8-16)21(26)24-19(15-28-22(24)27)17-9-5-2-6-10-17/h1-12,18-20,25H,13-15H2/b12-11+/t18-,19-,20-/m1/s1. The minimum absolute atomic E-state index is 0.126. The van der Waals surface area contributed by atoms with Crippen molar-refractivity contribution in [2.24, 2.45) is 5.92 Å². The maximum Gasteiger partial charge on any atom is 0.417 e. The van der Waals surface area contributed by atoms with Gasteiger partial charge in [-0.15, -0.1) is 0 Å². The smallest absolute Gasteiger partial charge is 0.417 e. The molecule has 3 rings (SSSR count). The molecule has 2 amide bonds.